The highest BCUT2D eigenvalue weighted by Gasteiger charge is 2.31. The van der Waals surface area contributed by atoms with Crippen LogP contribution in [-0.4, -0.2) is 51.8 Å². The fraction of sp³-hybridized carbons (Fsp3) is 0.103. The van der Waals surface area contributed by atoms with Gasteiger partial charge in [-0.1, -0.05) is 12.6 Å². The summed E-state index contributed by atoms with van der Waals surface area (Å²) < 4.78 is 5.86. The SMILES string of the molecule is C=CC(=O)Nc1cccc(N2C(=O)N(C)Cc3cnc(Nc4ccc(Oc5ccnc(C(=O)NC)c5)cc4)nc32)c1. The maximum atomic E-state index is 13.2. The number of urea groups is 1. The van der Waals surface area contributed by atoms with Crippen LogP contribution in [0.25, 0.3) is 0 Å². The molecule has 2 aromatic heterocycles. The Morgan fingerprint density at radius 2 is 1.83 bits per heavy atom. The van der Waals surface area contributed by atoms with Crippen LogP contribution in [0.1, 0.15) is 16.1 Å². The molecule has 0 saturated heterocycles. The molecule has 12 heteroatoms. The molecule has 5 rings (SSSR count). The summed E-state index contributed by atoms with van der Waals surface area (Å²) in [5.74, 6) is 1.09. The van der Waals surface area contributed by atoms with Crippen molar-refractivity contribution in [3.8, 4) is 11.5 Å². The van der Waals surface area contributed by atoms with Crippen molar-refractivity contribution in [2.45, 2.75) is 6.54 Å². The van der Waals surface area contributed by atoms with Crippen molar-refractivity contribution in [1.29, 1.82) is 0 Å². The Morgan fingerprint density at radius 1 is 1.02 bits per heavy atom. The molecular weight excluding hydrogens is 524 g/mol. The standard InChI is InChI=1S/C29H26N8O4/c1-4-25(38)33-20-6-5-7-21(14-20)37-26-18(17-36(3)29(37)40)16-32-28(35-26)34-19-8-10-22(11-9-19)41-23-12-13-31-24(15-23)27(39)30-2/h4-16H,1,17H2,2-3H3,(H,30,39)(H,33,38)(H,32,34,35). The Hall–Kier alpha value is -5.78. The summed E-state index contributed by atoms with van der Waals surface area (Å²) in [6.45, 7) is 3.82. The van der Waals surface area contributed by atoms with E-state index in [9.17, 15) is 14.4 Å². The summed E-state index contributed by atoms with van der Waals surface area (Å²) in [7, 11) is 3.23. The van der Waals surface area contributed by atoms with Gasteiger partial charge in [0.25, 0.3) is 5.91 Å². The van der Waals surface area contributed by atoms with E-state index in [1.165, 1.54) is 24.2 Å². The van der Waals surface area contributed by atoms with Crippen LogP contribution in [0.4, 0.5) is 33.6 Å². The van der Waals surface area contributed by atoms with Gasteiger partial charge < -0.3 is 25.6 Å². The van der Waals surface area contributed by atoms with Crippen molar-refractivity contribution in [1.82, 2.24) is 25.2 Å². The molecule has 3 heterocycles. The highest BCUT2D eigenvalue weighted by Crippen LogP contribution is 2.35. The van der Waals surface area contributed by atoms with Crippen molar-refractivity contribution < 1.29 is 19.1 Å². The van der Waals surface area contributed by atoms with Gasteiger partial charge in [0.1, 0.15) is 17.2 Å². The maximum absolute atomic E-state index is 13.2. The van der Waals surface area contributed by atoms with E-state index in [0.717, 1.165) is 5.56 Å². The van der Waals surface area contributed by atoms with Crippen LogP contribution >= 0.6 is 0 Å². The van der Waals surface area contributed by atoms with Crippen molar-refractivity contribution >= 4 is 46.7 Å². The average Bonchev–Trinajstić information content (AvgIpc) is 2.99. The first-order valence-corrected chi connectivity index (χ1v) is 12.5. The molecule has 0 fully saturated rings. The van der Waals surface area contributed by atoms with E-state index >= 15 is 0 Å². The van der Waals surface area contributed by atoms with Gasteiger partial charge in [-0.2, -0.15) is 4.98 Å². The molecule has 1 aliphatic rings. The molecule has 12 nitrogen and oxygen atoms in total. The van der Waals surface area contributed by atoms with Gasteiger partial charge >= 0.3 is 6.03 Å². The third-order valence-electron chi connectivity index (χ3n) is 6.07. The predicted octanol–water partition coefficient (Wildman–Crippen LogP) is 4.60. The third-order valence-corrected chi connectivity index (χ3v) is 6.07. The van der Waals surface area contributed by atoms with Gasteiger partial charge in [-0.15, -0.1) is 0 Å². The van der Waals surface area contributed by atoms with E-state index in [2.05, 4.69) is 37.5 Å². The second-order valence-electron chi connectivity index (χ2n) is 8.97. The monoisotopic (exact) mass is 550 g/mol. The number of hydrogen-bond acceptors (Lipinski definition) is 8. The number of nitrogens with one attached hydrogen (secondary N) is 3. The lowest BCUT2D eigenvalue weighted by molar-refractivity contribution is -0.111. The largest absolute Gasteiger partial charge is 0.457 e. The van der Waals surface area contributed by atoms with Crippen molar-refractivity contribution in [3.05, 3.63) is 97.0 Å². The Morgan fingerprint density at radius 3 is 2.59 bits per heavy atom. The van der Waals surface area contributed by atoms with Crippen LogP contribution in [0.15, 0.2) is 85.7 Å². The van der Waals surface area contributed by atoms with Crippen molar-refractivity contribution in [2.75, 3.05) is 29.6 Å². The lowest BCUT2D eigenvalue weighted by atomic mass is 10.2. The Kier molecular flexibility index (Phi) is 7.54. The Balaban J connectivity index is 1.36. The molecule has 4 aromatic rings. The minimum Gasteiger partial charge on any atom is -0.457 e. The van der Waals surface area contributed by atoms with E-state index < -0.39 is 0 Å². The molecule has 0 bridgehead atoms. The van der Waals surface area contributed by atoms with E-state index in [1.54, 1.807) is 78.8 Å². The van der Waals surface area contributed by atoms with Crippen LogP contribution in [0.5, 0.6) is 11.5 Å². The number of nitrogens with zero attached hydrogens (tertiary/aromatic N) is 5. The van der Waals surface area contributed by atoms with Gasteiger partial charge in [0.15, 0.2) is 5.82 Å². The van der Waals surface area contributed by atoms with Gasteiger partial charge in [0, 0.05) is 49.5 Å². The zero-order chi connectivity index (χ0) is 28.9. The van der Waals surface area contributed by atoms with Gasteiger partial charge in [0.05, 0.1) is 12.2 Å². The highest BCUT2D eigenvalue weighted by molar-refractivity contribution is 6.03. The topological polar surface area (TPSA) is 142 Å². The fourth-order valence-corrected chi connectivity index (χ4v) is 4.09. The highest BCUT2D eigenvalue weighted by atomic mass is 16.5. The lowest BCUT2D eigenvalue weighted by Gasteiger charge is -2.34. The van der Waals surface area contributed by atoms with Crippen molar-refractivity contribution in [2.24, 2.45) is 0 Å². The van der Waals surface area contributed by atoms with Crippen LogP contribution in [0, 0.1) is 0 Å². The first kappa shape index (κ1) is 26.8. The third kappa shape index (κ3) is 5.96. The van der Waals surface area contributed by atoms with E-state index in [1.807, 2.05) is 0 Å². The van der Waals surface area contributed by atoms with Crippen LogP contribution < -0.4 is 25.6 Å². The first-order valence-electron chi connectivity index (χ1n) is 12.5. The van der Waals surface area contributed by atoms with E-state index in [0.29, 0.717) is 46.9 Å². The second kappa shape index (κ2) is 11.5. The van der Waals surface area contributed by atoms with Gasteiger partial charge in [-0.05, 0) is 54.6 Å². The zero-order valence-corrected chi connectivity index (χ0v) is 22.3. The first-order chi connectivity index (χ1) is 19.8. The molecule has 3 N–H and O–H groups in total. The number of ether oxygens (including phenoxy) is 1. The van der Waals surface area contributed by atoms with Crippen LogP contribution in [0.2, 0.25) is 0 Å². The number of carbonyl (C=O) groups excluding carboxylic acids is 3. The number of amides is 4. The minimum absolute atomic E-state index is 0.250. The molecule has 0 spiro atoms. The molecule has 0 aliphatic carbocycles. The summed E-state index contributed by atoms with van der Waals surface area (Å²) in [5.41, 5.74) is 2.75. The van der Waals surface area contributed by atoms with Gasteiger partial charge in [-0.3, -0.25) is 14.6 Å². The summed E-state index contributed by atoms with van der Waals surface area (Å²) in [5, 5.41) is 8.40. The van der Waals surface area contributed by atoms with Crippen molar-refractivity contribution in [3.63, 3.8) is 0 Å². The molecule has 0 saturated carbocycles. The molecule has 206 valence electrons. The normalized spacial score (nSPS) is 12.3. The van der Waals surface area contributed by atoms with E-state index in [-0.39, 0.29) is 23.5 Å². The number of pyridine rings is 1. The average molecular weight is 551 g/mol. The summed E-state index contributed by atoms with van der Waals surface area (Å²) >= 11 is 0. The molecule has 0 unspecified atom stereocenters. The quantitative estimate of drug-likeness (QED) is 0.270. The van der Waals surface area contributed by atoms with Gasteiger partial charge in [0.2, 0.25) is 11.9 Å². The Bertz CT molecular complexity index is 1640. The van der Waals surface area contributed by atoms with Crippen LogP contribution in [-0.2, 0) is 11.3 Å². The molecule has 1 aliphatic heterocycles. The summed E-state index contributed by atoms with van der Waals surface area (Å²) in [4.78, 5) is 53.0. The molecule has 0 radical (unpaired) electrons. The molecule has 4 amide bonds. The number of hydrogen-bond donors (Lipinski definition) is 3. The predicted molar refractivity (Wildman–Crippen MR) is 154 cm³/mol. The van der Waals surface area contributed by atoms with E-state index in [4.69, 9.17) is 4.74 Å². The number of anilines is 5. The fourth-order valence-electron chi connectivity index (χ4n) is 4.09. The summed E-state index contributed by atoms with van der Waals surface area (Å²) in [6.07, 6.45) is 4.35. The second-order valence-corrected chi connectivity index (χ2v) is 8.97. The van der Waals surface area contributed by atoms with Crippen LogP contribution in [0.3, 0.4) is 0 Å². The smallest absolute Gasteiger partial charge is 0.330 e. The number of benzene rings is 2. The van der Waals surface area contributed by atoms with Gasteiger partial charge in [-0.25, -0.2) is 14.7 Å². The molecule has 0 atom stereocenters. The minimum atomic E-state index is -0.357. The Labute approximate surface area is 235 Å². The zero-order valence-electron chi connectivity index (χ0n) is 22.3. The number of aromatic nitrogens is 3. The molecular formula is C29H26N8O4. The number of carbonyl (C=O) groups is 3. The number of fused-ring (bicyclic) bond motifs is 1. The number of rotatable bonds is 8. The lowest BCUT2D eigenvalue weighted by Crippen LogP contribution is -2.43. The summed E-state index contributed by atoms with van der Waals surface area (Å²) in [6, 6.07) is 17.0. The molecule has 2 aromatic carbocycles. The molecule has 41 heavy (non-hydrogen) atoms. The maximum Gasteiger partial charge on any atom is 0.330 e.